The van der Waals surface area contributed by atoms with Gasteiger partial charge in [-0.1, -0.05) is 13.0 Å². The van der Waals surface area contributed by atoms with E-state index in [-0.39, 0.29) is 17.6 Å². The first-order valence-electron chi connectivity index (χ1n) is 11.2. The lowest BCUT2D eigenvalue weighted by Crippen LogP contribution is -2.62. The van der Waals surface area contributed by atoms with Crippen LogP contribution < -0.4 is 0 Å². The van der Waals surface area contributed by atoms with Gasteiger partial charge >= 0.3 is 23.9 Å². The number of rotatable bonds is 9. The van der Waals surface area contributed by atoms with Crippen LogP contribution in [-0.4, -0.2) is 104 Å². The third-order valence-electron chi connectivity index (χ3n) is 5.90. The molecule has 2 rings (SSSR count). The summed E-state index contributed by atoms with van der Waals surface area (Å²) >= 11 is 0. The van der Waals surface area contributed by atoms with Crippen LogP contribution in [-0.2, 0) is 52.3 Å². The number of aliphatic hydroxyl groups is 3. The Morgan fingerprint density at radius 3 is 2.19 bits per heavy atom. The van der Waals surface area contributed by atoms with Gasteiger partial charge in [0.15, 0.2) is 12.2 Å². The zero-order chi connectivity index (χ0) is 27.9. The van der Waals surface area contributed by atoms with Crippen LogP contribution in [0, 0.1) is 5.41 Å². The molecule has 0 amide bonds. The molecule has 0 spiro atoms. The Balaban J connectivity index is 2.54. The van der Waals surface area contributed by atoms with E-state index < -0.39 is 79.5 Å². The lowest BCUT2D eigenvalue weighted by molar-refractivity contribution is -0.331. The van der Waals surface area contributed by atoms with Crippen LogP contribution in [0.5, 0.6) is 0 Å². The molecular formula is C23H32O14. The SMILES string of the molecule is COC(=O)C[C@]1(C)C(C(=O)OC)=CO[C@@H](O[C@@H]2O[C@H](CO)[C@@H](O)[C@H](OC(C)=O)[C@H]2OC(C)=O)/C1=C/CO. The molecule has 0 aliphatic carbocycles. The van der Waals surface area contributed by atoms with Gasteiger partial charge in [0.25, 0.3) is 0 Å². The van der Waals surface area contributed by atoms with Crippen LogP contribution >= 0.6 is 0 Å². The fourth-order valence-electron chi connectivity index (χ4n) is 4.13. The molecule has 0 aromatic heterocycles. The average molecular weight is 532 g/mol. The van der Waals surface area contributed by atoms with Crippen molar-refractivity contribution < 1.29 is 67.7 Å². The van der Waals surface area contributed by atoms with Crippen molar-refractivity contribution in [2.24, 2.45) is 5.41 Å². The molecule has 1 fully saturated rings. The monoisotopic (exact) mass is 532 g/mol. The molecule has 14 heteroatoms. The summed E-state index contributed by atoms with van der Waals surface area (Å²) < 4.78 is 37.1. The van der Waals surface area contributed by atoms with Crippen LogP contribution in [0.15, 0.2) is 23.5 Å². The van der Waals surface area contributed by atoms with E-state index in [1.54, 1.807) is 0 Å². The maximum absolute atomic E-state index is 12.5. The van der Waals surface area contributed by atoms with Gasteiger partial charge in [-0.05, 0) is 0 Å². The minimum Gasteiger partial charge on any atom is -0.469 e. The van der Waals surface area contributed by atoms with Gasteiger partial charge in [-0.25, -0.2) is 4.79 Å². The van der Waals surface area contributed by atoms with Gasteiger partial charge in [0, 0.05) is 24.8 Å². The molecule has 37 heavy (non-hydrogen) atoms. The molecule has 0 aromatic carbocycles. The van der Waals surface area contributed by atoms with Gasteiger partial charge in [0.05, 0.1) is 45.7 Å². The molecule has 2 heterocycles. The highest BCUT2D eigenvalue weighted by Gasteiger charge is 2.53. The molecule has 2 aliphatic rings. The van der Waals surface area contributed by atoms with E-state index in [0.717, 1.165) is 34.3 Å². The van der Waals surface area contributed by atoms with Gasteiger partial charge in [-0.3, -0.25) is 14.4 Å². The van der Waals surface area contributed by atoms with Crippen LogP contribution in [0.1, 0.15) is 27.2 Å². The summed E-state index contributed by atoms with van der Waals surface area (Å²) in [6.07, 6.45) is -7.08. The molecule has 2 aliphatic heterocycles. The first-order valence-corrected chi connectivity index (χ1v) is 11.2. The van der Waals surface area contributed by atoms with Gasteiger partial charge < -0.3 is 48.5 Å². The zero-order valence-corrected chi connectivity index (χ0v) is 21.1. The third-order valence-corrected chi connectivity index (χ3v) is 5.90. The Morgan fingerprint density at radius 2 is 1.68 bits per heavy atom. The van der Waals surface area contributed by atoms with E-state index in [4.69, 9.17) is 33.2 Å². The fourth-order valence-corrected chi connectivity index (χ4v) is 4.13. The summed E-state index contributed by atoms with van der Waals surface area (Å²) in [5, 5.41) is 30.0. The van der Waals surface area contributed by atoms with Crippen molar-refractivity contribution in [3.8, 4) is 0 Å². The maximum Gasteiger partial charge on any atom is 0.337 e. The molecule has 0 aromatic rings. The minimum absolute atomic E-state index is 0.0810. The number of methoxy groups -OCH3 is 2. The highest BCUT2D eigenvalue weighted by Crippen LogP contribution is 2.46. The summed E-state index contributed by atoms with van der Waals surface area (Å²) in [5.74, 6) is -3.16. The highest BCUT2D eigenvalue weighted by molar-refractivity contribution is 5.92. The summed E-state index contributed by atoms with van der Waals surface area (Å²) in [7, 11) is 2.29. The molecule has 0 bridgehead atoms. The van der Waals surface area contributed by atoms with Gasteiger partial charge in [-0.15, -0.1) is 0 Å². The number of carbonyl (C=O) groups is 4. The third kappa shape index (κ3) is 6.84. The van der Waals surface area contributed by atoms with Crippen LogP contribution in [0.25, 0.3) is 0 Å². The molecule has 14 nitrogen and oxygen atoms in total. The Labute approximate surface area is 212 Å². The number of aliphatic hydroxyl groups excluding tert-OH is 3. The van der Waals surface area contributed by atoms with Crippen molar-refractivity contribution in [1.29, 1.82) is 0 Å². The van der Waals surface area contributed by atoms with Gasteiger partial charge in [0.2, 0.25) is 12.6 Å². The maximum atomic E-state index is 12.5. The lowest BCUT2D eigenvalue weighted by Gasteiger charge is -2.45. The lowest BCUT2D eigenvalue weighted by atomic mass is 9.71. The number of hydrogen-bond acceptors (Lipinski definition) is 14. The van der Waals surface area contributed by atoms with E-state index in [1.165, 1.54) is 13.0 Å². The van der Waals surface area contributed by atoms with Crippen molar-refractivity contribution in [2.45, 2.75) is 64.2 Å². The van der Waals surface area contributed by atoms with E-state index in [9.17, 15) is 34.5 Å². The topological polar surface area (TPSA) is 194 Å². The Morgan fingerprint density at radius 1 is 1.05 bits per heavy atom. The van der Waals surface area contributed by atoms with Crippen molar-refractivity contribution in [1.82, 2.24) is 0 Å². The Bertz CT molecular complexity index is 926. The molecule has 208 valence electrons. The zero-order valence-electron chi connectivity index (χ0n) is 21.1. The van der Waals surface area contributed by atoms with E-state index in [1.807, 2.05) is 0 Å². The fraction of sp³-hybridized carbons (Fsp3) is 0.652. The number of esters is 4. The van der Waals surface area contributed by atoms with Gasteiger partial charge in [-0.2, -0.15) is 0 Å². The number of ether oxygens (including phenoxy) is 7. The highest BCUT2D eigenvalue weighted by atomic mass is 16.8. The second-order valence-electron chi connectivity index (χ2n) is 8.42. The predicted molar refractivity (Wildman–Crippen MR) is 119 cm³/mol. The first-order chi connectivity index (χ1) is 17.4. The standard InChI is InChI=1S/C23H32O14/c1-11(26)34-18-17(29)15(9-25)36-22(19(18)35-12(2)27)37-21-13(6-7-24)23(3,8-16(28)31-4)14(10-33-21)20(30)32-5/h6,10,15,17-19,21-22,24-25,29H,7-9H2,1-5H3/b13-6-/t15-,17-,18+,19-,21+,22+,23+/m1/s1. The van der Waals surface area contributed by atoms with Crippen molar-refractivity contribution in [3.05, 3.63) is 23.5 Å². The van der Waals surface area contributed by atoms with Crippen LogP contribution in [0.4, 0.5) is 0 Å². The molecule has 7 atom stereocenters. The van der Waals surface area contributed by atoms with Crippen LogP contribution in [0.3, 0.4) is 0 Å². The average Bonchev–Trinajstić information content (AvgIpc) is 2.84. The number of carbonyl (C=O) groups excluding carboxylic acids is 4. The molecule has 0 radical (unpaired) electrons. The van der Waals surface area contributed by atoms with E-state index in [2.05, 4.69) is 0 Å². The second kappa shape index (κ2) is 13.0. The second-order valence-corrected chi connectivity index (χ2v) is 8.42. The molecular weight excluding hydrogens is 500 g/mol. The van der Waals surface area contributed by atoms with Gasteiger partial charge in [0.1, 0.15) is 12.2 Å². The van der Waals surface area contributed by atoms with Crippen LogP contribution in [0.2, 0.25) is 0 Å². The van der Waals surface area contributed by atoms with E-state index >= 15 is 0 Å². The summed E-state index contributed by atoms with van der Waals surface area (Å²) in [6.45, 7) is 2.36. The predicted octanol–water partition coefficient (Wildman–Crippen LogP) is -1.15. The largest absolute Gasteiger partial charge is 0.469 e. The minimum atomic E-state index is -1.59. The molecule has 1 saturated heterocycles. The first kappa shape index (κ1) is 30.2. The Hall–Kier alpha value is -3.04. The molecule has 0 saturated carbocycles. The summed E-state index contributed by atoms with van der Waals surface area (Å²) in [6, 6.07) is 0. The normalized spacial score (nSPS) is 32.5. The summed E-state index contributed by atoms with van der Waals surface area (Å²) in [5.41, 5.74) is -1.45. The Kier molecular flexibility index (Phi) is 10.6. The summed E-state index contributed by atoms with van der Waals surface area (Å²) in [4.78, 5) is 48.3. The van der Waals surface area contributed by atoms with Crippen molar-refractivity contribution >= 4 is 23.9 Å². The van der Waals surface area contributed by atoms with E-state index in [0.29, 0.717) is 0 Å². The smallest absolute Gasteiger partial charge is 0.337 e. The molecule has 3 N–H and O–H groups in total. The van der Waals surface area contributed by atoms with Crippen molar-refractivity contribution in [3.63, 3.8) is 0 Å². The number of hydrogen-bond donors (Lipinski definition) is 3. The quantitative estimate of drug-likeness (QED) is 0.183. The molecule has 0 unspecified atom stereocenters. The van der Waals surface area contributed by atoms with Crippen molar-refractivity contribution in [2.75, 3.05) is 27.4 Å².